The van der Waals surface area contributed by atoms with Gasteiger partial charge in [0.2, 0.25) is 0 Å². The summed E-state index contributed by atoms with van der Waals surface area (Å²) in [6.07, 6.45) is 0. The number of nitrogens with two attached hydrogens (primary N) is 1. The summed E-state index contributed by atoms with van der Waals surface area (Å²) in [5.74, 6) is -0.335. The largest absolute Gasteiger partial charge is 0.446 e. The molecule has 1 aromatic carbocycles. The Bertz CT molecular complexity index is 306. The van der Waals surface area contributed by atoms with Crippen LogP contribution in [0.15, 0.2) is 24.3 Å². The first-order valence-electron chi connectivity index (χ1n) is 4.27. The van der Waals surface area contributed by atoms with E-state index < -0.39 is 0 Å². The lowest BCUT2D eigenvalue weighted by Gasteiger charge is -2.10. The van der Waals surface area contributed by atoms with Crippen molar-refractivity contribution in [1.82, 2.24) is 4.90 Å². The van der Waals surface area contributed by atoms with Gasteiger partial charge in [0.1, 0.15) is 6.73 Å². The van der Waals surface area contributed by atoms with Crippen LogP contribution >= 0.6 is 0 Å². The van der Waals surface area contributed by atoms with Gasteiger partial charge in [0.15, 0.2) is 0 Å². The summed E-state index contributed by atoms with van der Waals surface area (Å²) in [7, 11) is 3.66. The maximum Gasteiger partial charge on any atom is 0.339 e. The molecule has 0 atom stereocenters. The van der Waals surface area contributed by atoms with E-state index in [1.54, 1.807) is 29.2 Å². The van der Waals surface area contributed by atoms with Gasteiger partial charge in [-0.15, -0.1) is 0 Å². The van der Waals surface area contributed by atoms with Crippen molar-refractivity contribution in [2.75, 3.05) is 26.6 Å². The molecule has 0 spiro atoms. The highest BCUT2D eigenvalue weighted by atomic mass is 16.5. The van der Waals surface area contributed by atoms with Crippen molar-refractivity contribution in [3.05, 3.63) is 29.8 Å². The number of ether oxygens (including phenoxy) is 1. The molecule has 0 saturated carbocycles. The number of carbonyl (C=O) groups excluding carboxylic acids is 1. The van der Waals surface area contributed by atoms with Gasteiger partial charge >= 0.3 is 5.97 Å². The lowest BCUT2D eigenvalue weighted by Crippen LogP contribution is -2.19. The minimum atomic E-state index is -0.335. The highest BCUT2D eigenvalue weighted by Crippen LogP contribution is 2.06. The molecule has 0 unspecified atom stereocenters. The van der Waals surface area contributed by atoms with Crippen LogP contribution in [-0.4, -0.2) is 31.7 Å². The van der Waals surface area contributed by atoms with E-state index in [1.807, 2.05) is 14.1 Å². The van der Waals surface area contributed by atoms with Crippen molar-refractivity contribution in [3.63, 3.8) is 0 Å². The smallest absolute Gasteiger partial charge is 0.339 e. The fourth-order valence-corrected chi connectivity index (χ4v) is 0.890. The fraction of sp³-hybridized carbons (Fsp3) is 0.300. The van der Waals surface area contributed by atoms with Crippen LogP contribution in [-0.2, 0) is 4.74 Å². The van der Waals surface area contributed by atoms with E-state index in [0.29, 0.717) is 11.3 Å². The van der Waals surface area contributed by atoms with E-state index in [1.165, 1.54) is 0 Å². The molecule has 0 aliphatic heterocycles. The van der Waals surface area contributed by atoms with Gasteiger partial charge in [-0.2, -0.15) is 0 Å². The van der Waals surface area contributed by atoms with Crippen LogP contribution in [0.4, 0.5) is 5.69 Å². The molecule has 0 radical (unpaired) electrons. The normalized spacial score (nSPS) is 10.2. The summed E-state index contributed by atoms with van der Waals surface area (Å²) in [4.78, 5) is 13.1. The monoisotopic (exact) mass is 194 g/mol. The third kappa shape index (κ3) is 3.06. The Labute approximate surface area is 83.3 Å². The second kappa shape index (κ2) is 4.62. The second-order valence-corrected chi connectivity index (χ2v) is 3.26. The van der Waals surface area contributed by atoms with E-state index in [9.17, 15) is 4.79 Å². The molecule has 0 fully saturated rings. The molecule has 0 aliphatic rings. The van der Waals surface area contributed by atoms with Crippen molar-refractivity contribution in [2.24, 2.45) is 0 Å². The van der Waals surface area contributed by atoms with Gasteiger partial charge in [-0.05, 0) is 38.4 Å². The highest BCUT2D eigenvalue weighted by Gasteiger charge is 2.06. The zero-order valence-electron chi connectivity index (χ0n) is 8.36. The fourth-order valence-electron chi connectivity index (χ4n) is 0.890. The second-order valence-electron chi connectivity index (χ2n) is 3.26. The number of hydrogen-bond acceptors (Lipinski definition) is 4. The maximum absolute atomic E-state index is 11.4. The van der Waals surface area contributed by atoms with Crippen molar-refractivity contribution < 1.29 is 9.53 Å². The average Bonchev–Trinajstić information content (AvgIpc) is 2.15. The molecule has 4 nitrogen and oxygen atoms in total. The molecule has 1 rings (SSSR count). The first-order valence-corrected chi connectivity index (χ1v) is 4.27. The molecule has 0 aromatic heterocycles. The lowest BCUT2D eigenvalue weighted by molar-refractivity contribution is 0.0319. The van der Waals surface area contributed by atoms with Crippen LogP contribution in [0.1, 0.15) is 10.4 Å². The third-order valence-corrected chi connectivity index (χ3v) is 1.60. The number of nitrogens with zero attached hydrogens (tertiary/aromatic N) is 1. The summed E-state index contributed by atoms with van der Waals surface area (Å²) >= 11 is 0. The zero-order chi connectivity index (χ0) is 10.6. The van der Waals surface area contributed by atoms with Crippen LogP contribution in [0, 0.1) is 0 Å². The number of anilines is 1. The van der Waals surface area contributed by atoms with Gasteiger partial charge in [0, 0.05) is 5.69 Å². The number of rotatable bonds is 3. The predicted molar refractivity (Wildman–Crippen MR) is 54.8 cm³/mol. The Hall–Kier alpha value is -1.55. The van der Waals surface area contributed by atoms with Crippen molar-refractivity contribution >= 4 is 11.7 Å². The molecular weight excluding hydrogens is 180 g/mol. The van der Waals surface area contributed by atoms with Gasteiger partial charge < -0.3 is 10.5 Å². The summed E-state index contributed by atoms with van der Waals surface area (Å²) in [6, 6.07) is 6.64. The summed E-state index contributed by atoms with van der Waals surface area (Å²) in [6.45, 7) is 0.281. The van der Waals surface area contributed by atoms with E-state index in [0.717, 1.165) is 0 Å². The lowest BCUT2D eigenvalue weighted by atomic mass is 10.2. The number of nitrogen functional groups attached to an aromatic ring is 1. The summed E-state index contributed by atoms with van der Waals surface area (Å²) in [5.41, 5.74) is 6.64. The molecule has 2 N–H and O–H groups in total. The van der Waals surface area contributed by atoms with Gasteiger partial charge in [-0.3, -0.25) is 4.90 Å². The van der Waals surface area contributed by atoms with Crippen molar-refractivity contribution in [1.29, 1.82) is 0 Å². The highest BCUT2D eigenvalue weighted by molar-refractivity contribution is 5.89. The van der Waals surface area contributed by atoms with E-state index >= 15 is 0 Å². The number of benzene rings is 1. The van der Waals surface area contributed by atoms with Crippen LogP contribution < -0.4 is 5.73 Å². The SMILES string of the molecule is CN(C)COC(=O)c1ccc(N)cc1. The minimum Gasteiger partial charge on any atom is -0.446 e. The predicted octanol–water partition coefficient (Wildman–Crippen LogP) is 0.945. The Morgan fingerprint density at radius 2 is 1.93 bits per heavy atom. The van der Waals surface area contributed by atoms with E-state index in [4.69, 9.17) is 10.5 Å². The molecule has 14 heavy (non-hydrogen) atoms. The molecule has 1 aromatic rings. The molecule has 0 heterocycles. The Morgan fingerprint density at radius 1 is 1.36 bits per heavy atom. The third-order valence-electron chi connectivity index (χ3n) is 1.60. The van der Waals surface area contributed by atoms with Gasteiger partial charge in [0.25, 0.3) is 0 Å². The summed E-state index contributed by atoms with van der Waals surface area (Å²) in [5, 5.41) is 0. The number of esters is 1. The van der Waals surface area contributed by atoms with Gasteiger partial charge in [0.05, 0.1) is 5.56 Å². The molecule has 0 bridgehead atoms. The van der Waals surface area contributed by atoms with Crippen LogP contribution in [0.3, 0.4) is 0 Å². The van der Waals surface area contributed by atoms with Crippen molar-refractivity contribution in [3.8, 4) is 0 Å². The first-order chi connectivity index (χ1) is 6.59. The van der Waals surface area contributed by atoms with Crippen LogP contribution in [0.2, 0.25) is 0 Å². The quantitative estimate of drug-likeness (QED) is 0.442. The minimum absolute atomic E-state index is 0.281. The molecule has 0 saturated heterocycles. The zero-order valence-corrected chi connectivity index (χ0v) is 8.36. The Balaban J connectivity index is 2.57. The topological polar surface area (TPSA) is 55.6 Å². The van der Waals surface area contributed by atoms with Crippen LogP contribution in [0.25, 0.3) is 0 Å². The van der Waals surface area contributed by atoms with Gasteiger partial charge in [-0.25, -0.2) is 4.79 Å². The number of carbonyl (C=O) groups is 1. The van der Waals surface area contributed by atoms with E-state index in [2.05, 4.69) is 0 Å². The molecular formula is C10H14N2O2. The maximum atomic E-state index is 11.4. The molecule has 76 valence electrons. The van der Waals surface area contributed by atoms with Crippen molar-refractivity contribution in [2.45, 2.75) is 0 Å². The van der Waals surface area contributed by atoms with Crippen LogP contribution in [0.5, 0.6) is 0 Å². The molecule has 4 heteroatoms. The first kappa shape index (κ1) is 10.5. The van der Waals surface area contributed by atoms with Gasteiger partial charge in [-0.1, -0.05) is 0 Å². The molecule has 0 amide bonds. The molecule has 0 aliphatic carbocycles. The average molecular weight is 194 g/mol. The number of hydrogen-bond donors (Lipinski definition) is 1. The standard InChI is InChI=1S/C10H14N2O2/c1-12(2)7-14-10(13)8-3-5-9(11)6-4-8/h3-6H,7,11H2,1-2H3. The Kier molecular flexibility index (Phi) is 3.48. The Morgan fingerprint density at radius 3 is 2.43 bits per heavy atom. The van der Waals surface area contributed by atoms with E-state index in [-0.39, 0.29) is 12.7 Å². The summed E-state index contributed by atoms with van der Waals surface area (Å²) < 4.78 is 4.98.